The molecule has 1 fully saturated rings. The number of carboxylic acids is 1. The van der Waals surface area contributed by atoms with Crippen LogP contribution < -0.4 is 0 Å². The van der Waals surface area contributed by atoms with Crippen LogP contribution in [0.4, 0.5) is 8.78 Å². The van der Waals surface area contributed by atoms with Gasteiger partial charge in [0.25, 0.3) is 0 Å². The first-order valence-corrected chi connectivity index (χ1v) is 7.10. The Bertz CT molecular complexity index is 559. The standard InChI is InChI=1S/C13H15F2NO5S/c1-3-5-9-10(6-4-2)21-11(7-8-12(17)18)13(14,15)16(9)22(19)20/h3-6,11H,1-2,7-8H2,(H,17,18)(H,19,20)/p-1/b9-5+,10-6+. The predicted molar refractivity (Wildman–Crippen MR) is 74.0 cm³/mol. The fourth-order valence-electron chi connectivity index (χ4n) is 1.84. The van der Waals surface area contributed by atoms with Crippen molar-refractivity contribution in [2.45, 2.75) is 25.0 Å². The topological polar surface area (TPSA) is 89.9 Å². The van der Waals surface area contributed by atoms with Gasteiger partial charge in [-0.15, -0.1) is 0 Å². The molecule has 1 aliphatic heterocycles. The lowest BCUT2D eigenvalue weighted by Crippen LogP contribution is -2.55. The number of allylic oxidation sites excluding steroid dienone is 4. The van der Waals surface area contributed by atoms with Gasteiger partial charge in [0, 0.05) is 12.8 Å². The fraction of sp³-hybridized carbons (Fsp3) is 0.308. The Kier molecular flexibility index (Phi) is 6.01. The van der Waals surface area contributed by atoms with E-state index >= 15 is 0 Å². The van der Waals surface area contributed by atoms with Gasteiger partial charge >= 0.3 is 12.0 Å². The van der Waals surface area contributed by atoms with E-state index in [1.54, 1.807) is 0 Å². The van der Waals surface area contributed by atoms with Crippen LogP contribution in [-0.4, -0.2) is 36.3 Å². The first-order chi connectivity index (χ1) is 10.3. The van der Waals surface area contributed by atoms with Gasteiger partial charge in [0.15, 0.2) is 6.10 Å². The van der Waals surface area contributed by atoms with E-state index in [1.807, 2.05) is 0 Å². The average Bonchev–Trinajstić information content (AvgIpc) is 2.39. The van der Waals surface area contributed by atoms with E-state index in [9.17, 15) is 22.3 Å². The average molecular weight is 334 g/mol. The largest absolute Gasteiger partial charge is 0.755 e. The summed E-state index contributed by atoms with van der Waals surface area (Å²) >= 11 is -3.30. The summed E-state index contributed by atoms with van der Waals surface area (Å²) in [5, 5.41) is 8.60. The highest BCUT2D eigenvalue weighted by atomic mass is 32.2. The monoisotopic (exact) mass is 334 g/mol. The van der Waals surface area contributed by atoms with Crippen molar-refractivity contribution in [1.29, 1.82) is 0 Å². The third-order valence-electron chi connectivity index (χ3n) is 2.71. The van der Waals surface area contributed by atoms with Crippen molar-refractivity contribution in [3.63, 3.8) is 0 Å². The molecule has 6 nitrogen and oxygen atoms in total. The summed E-state index contributed by atoms with van der Waals surface area (Å²) in [6.45, 7) is 6.73. The summed E-state index contributed by atoms with van der Waals surface area (Å²) in [4.78, 5) is 10.6. The van der Waals surface area contributed by atoms with Crippen molar-refractivity contribution >= 4 is 17.2 Å². The van der Waals surface area contributed by atoms with Crippen molar-refractivity contribution in [2.24, 2.45) is 0 Å². The molecule has 0 aliphatic carbocycles. The second-order valence-electron chi connectivity index (χ2n) is 4.19. The van der Waals surface area contributed by atoms with Crippen LogP contribution in [0.1, 0.15) is 12.8 Å². The minimum Gasteiger partial charge on any atom is -0.755 e. The molecule has 0 spiro atoms. The minimum atomic E-state index is -3.94. The number of alkyl halides is 2. The maximum absolute atomic E-state index is 14.3. The van der Waals surface area contributed by atoms with Gasteiger partial charge in [-0.2, -0.15) is 8.78 Å². The molecule has 0 radical (unpaired) electrons. The van der Waals surface area contributed by atoms with Crippen molar-refractivity contribution in [3.8, 4) is 0 Å². The van der Waals surface area contributed by atoms with E-state index in [-0.39, 0.29) is 10.1 Å². The van der Waals surface area contributed by atoms with E-state index in [1.165, 1.54) is 12.2 Å². The van der Waals surface area contributed by atoms with Crippen LogP contribution in [-0.2, 0) is 20.8 Å². The molecule has 0 amide bonds. The zero-order chi connectivity index (χ0) is 16.9. The molecule has 0 saturated carbocycles. The molecule has 22 heavy (non-hydrogen) atoms. The molecule has 1 heterocycles. The van der Waals surface area contributed by atoms with Gasteiger partial charge in [-0.25, -0.2) is 4.31 Å². The maximum atomic E-state index is 14.3. The highest BCUT2D eigenvalue weighted by Crippen LogP contribution is 2.41. The second kappa shape index (κ2) is 7.32. The lowest BCUT2D eigenvalue weighted by Gasteiger charge is -2.44. The van der Waals surface area contributed by atoms with Crippen LogP contribution >= 0.6 is 0 Å². The van der Waals surface area contributed by atoms with E-state index in [0.717, 1.165) is 12.2 Å². The molecule has 9 heteroatoms. The molecular formula is C13H14F2NO5S-. The molecule has 1 saturated heterocycles. The first kappa shape index (κ1) is 18.1. The number of ether oxygens (including phenoxy) is 1. The summed E-state index contributed by atoms with van der Waals surface area (Å²) < 4.78 is 56.0. The van der Waals surface area contributed by atoms with Crippen LogP contribution in [0.3, 0.4) is 0 Å². The number of halogens is 2. The summed E-state index contributed by atoms with van der Waals surface area (Å²) in [6, 6.07) is -3.94. The number of nitrogens with zero attached hydrogens (tertiary/aromatic N) is 1. The number of hydrogen-bond acceptors (Lipinski definition) is 4. The molecule has 0 aromatic rings. The molecule has 2 unspecified atom stereocenters. The third kappa shape index (κ3) is 3.80. The molecule has 1 rings (SSSR count). The molecule has 1 N–H and O–H groups in total. The lowest BCUT2D eigenvalue weighted by molar-refractivity contribution is -0.199. The fourth-order valence-corrected chi connectivity index (χ4v) is 2.46. The van der Waals surface area contributed by atoms with Gasteiger partial charge < -0.3 is 14.4 Å². The van der Waals surface area contributed by atoms with E-state index in [0.29, 0.717) is 0 Å². The van der Waals surface area contributed by atoms with Crippen LogP contribution in [0, 0.1) is 0 Å². The Morgan fingerprint density at radius 1 is 1.45 bits per heavy atom. The highest BCUT2D eigenvalue weighted by molar-refractivity contribution is 7.76. The molecule has 0 aromatic carbocycles. The lowest BCUT2D eigenvalue weighted by atomic mass is 10.1. The molecule has 122 valence electrons. The Labute approximate surface area is 128 Å². The molecule has 0 bridgehead atoms. The van der Waals surface area contributed by atoms with E-state index in [4.69, 9.17) is 9.84 Å². The minimum absolute atomic E-state index is 0.153. The zero-order valence-electron chi connectivity index (χ0n) is 11.4. The van der Waals surface area contributed by atoms with E-state index < -0.39 is 47.9 Å². The zero-order valence-corrected chi connectivity index (χ0v) is 12.2. The summed E-state index contributed by atoms with van der Waals surface area (Å²) in [5.74, 6) is -1.46. The summed E-state index contributed by atoms with van der Waals surface area (Å²) in [5.41, 5.74) is -0.417. The number of carboxylic acid groups (broad SMARTS) is 1. The predicted octanol–water partition coefficient (Wildman–Crippen LogP) is 2.08. The number of hydrogen-bond donors (Lipinski definition) is 1. The highest BCUT2D eigenvalue weighted by Gasteiger charge is 2.53. The normalized spacial score (nSPS) is 25.6. The Morgan fingerprint density at radius 2 is 2.05 bits per heavy atom. The van der Waals surface area contributed by atoms with Gasteiger partial charge in [-0.3, -0.25) is 9.00 Å². The summed E-state index contributed by atoms with van der Waals surface area (Å²) in [6.07, 6.45) is 1.52. The number of aliphatic carboxylic acids is 1. The van der Waals surface area contributed by atoms with Crippen molar-refractivity contribution in [3.05, 3.63) is 48.9 Å². The smallest absolute Gasteiger partial charge is 0.372 e. The first-order valence-electron chi connectivity index (χ1n) is 6.07. The molecule has 1 aliphatic rings. The number of morpholine rings is 1. The van der Waals surface area contributed by atoms with Crippen molar-refractivity contribution in [1.82, 2.24) is 4.31 Å². The van der Waals surface area contributed by atoms with E-state index in [2.05, 4.69) is 13.2 Å². The van der Waals surface area contributed by atoms with Crippen LogP contribution in [0.15, 0.2) is 48.9 Å². The molecular weight excluding hydrogens is 320 g/mol. The maximum Gasteiger partial charge on any atom is 0.372 e. The molecule has 0 aromatic heterocycles. The Balaban J connectivity index is 3.32. The quantitative estimate of drug-likeness (QED) is 0.593. The van der Waals surface area contributed by atoms with Gasteiger partial charge in [0.1, 0.15) is 5.76 Å². The Morgan fingerprint density at radius 3 is 2.50 bits per heavy atom. The SMILES string of the molecule is C=C/C=C1/OC(CCC(=O)O)C(F)(F)N(S(=O)[O-])/C1=C/C=C. The van der Waals surface area contributed by atoms with Crippen molar-refractivity contribution in [2.75, 3.05) is 0 Å². The third-order valence-corrected chi connectivity index (χ3v) is 3.45. The van der Waals surface area contributed by atoms with Crippen LogP contribution in [0.2, 0.25) is 0 Å². The van der Waals surface area contributed by atoms with Crippen molar-refractivity contribution < 1.29 is 32.2 Å². The molecule has 2 atom stereocenters. The van der Waals surface area contributed by atoms with Crippen LogP contribution in [0.25, 0.3) is 0 Å². The van der Waals surface area contributed by atoms with Gasteiger partial charge in [0.2, 0.25) is 0 Å². The number of rotatable bonds is 6. The van der Waals surface area contributed by atoms with Gasteiger partial charge in [-0.05, 0) is 12.2 Å². The Hall–Kier alpha value is -2.00. The number of carbonyl (C=O) groups is 1. The second-order valence-corrected chi connectivity index (χ2v) is 4.99. The van der Waals surface area contributed by atoms with Gasteiger partial charge in [0.05, 0.1) is 17.0 Å². The summed E-state index contributed by atoms with van der Waals surface area (Å²) in [7, 11) is 0. The van der Waals surface area contributed by atoms with Crippen LogP contribution in [0.5, 0.6) is 0 Å². The van der Waals surface area contributed by atoms with Gasteiger partial charge in [-0.1, -0.05) is 25.3 Å².